The van der Waals surface area contributed by atoms with Gasteiger partial charge < -0.3 is 15.0 Å². The van der Waals surface area contributed by atoms with Crippen molar-refractivity contribution in [2.24, 2.45) is 0 Å². The average molecular weight is 297 g/mol. The number of hydrogen-bond donors (Lipinski definition) is 1. The van der Waals surface area contributed by atoms with Gasteiger partial charge in [0.2, 0.25) is 0 Å². The largest absolute Gasteiger partial charge is 0.384 e. The van der Waals surface area contributed by atoms with Crippen molar-refractivity contribution < 1.29 is 9.53 Å². The van der Waals surface area contributed by atoms with Crippen LogP contribution in [0.4, 0.5) is 5.69 Å². The predicted octanol–water partition coefficient (Wildman–Crippen LogP) is 2.33. The number of ether oxygens (including phenoxy) is 1. The number of halogens is 1. The van der Waals surface area contributed by atoms with Crippen LogP contribution in [-0.2, 0) is 11.2 Å². The van der Waals surface area contributed by atoms with E-state index >= 15 is 0 Å². The van der Waals surface area contributed by atoms with Crippen molar-refractivity contribution in [3.05, 3.63) is 29.3 Å². The fourth-order valence-corrected chi connectivity index (χ4v) is 2.81. The number of anilines is 1. The van der Waals surface area contributed by atoms with Crippen molar-refractivity contribution in [1.29, 1.82) is 0 Å². The number of nitrogens with one attached hydrogen (secondary N) is 1. The van der Waals surface area contributed by atoms with E-state index in [0.717, 1.165) is 18.5 Å². The summed E-state index contributed by atoms with van der Waals surface area (Å²) in [5.74, 6) is 0.117. The van der Waals surface area contributed by atoms with E-state index in [0.29, 0.717) is 19.7 Å². The van der Waals surface area contributed by atoms with E-state index in [9.17, 15) is 4.79 Å². The zero-order valence-corrected chi connectivity index (χ0v) is 12.8. The standard InChI is InChI=1S/C15H20N2O2.ClH/c1-15(2)10-17(7-8-19-15)14(18)12-3-4-13-11(9-12)5-6-16-13;/h3-4,9,16H,5-8,10H2,1-2H3;1H. The van der Waals surface area contributed by atoms with Crippen LogP contribution in [0, 0.1) is 0 Å². The Balaban J connectivity index is 0.00000147. The molecule has 2 aliphatic heterocycles. The molecule has 0 atom stereocenters. The summed E-state index contributed by atoms with van der Waals surface area (Å²) >= 11 is 0. The molecule has 0 unspecified atom stereocenters. The molecule has 0 spiro atoms. The van der Waals surface area contributed by atoms with Crippen LogP contribution in [0.15, 0.2) is 18.2 Å². The summed E-state index contributed by atoms with van der Waals surface area (Å²) in [5, 5.41) is 3.31. The molecule has 2 aliphatic rings. The van der Waals surface area contributed by atoms with Crippen LogP contribution in [0.25, 0.3) is 0 Å². The summed E-state index contributed by atoms with van der Waals surface area (Å²) in [6.07, 6.45) is 1.01. The van der Waals surface area contributed by atoms with Crippen LogP contribution in [0.1, 0.15) is 29.8 Å². The molecule has 5 heteroatoms. The fourth-order valence-electron chi connectivity index (χ4n) is 2.81. The van der Waals surface area contributed by atoms with Crippen molar-refractivity contribution in [3.63, 3.8) is 0 Å². The summed E-state index contributed by atoms with van der Waals surface area (Å²) in [5.41, 5.74) is 2.96. The second kappa shape index (κ2) is 5.62. The van der Waals surface area contributed by atoms with Gasteiger partial charge in [-0.05, 0) is 44.0 Å². The number of hydrogen-bond acceptors (Lipinski definition) is 3. The zero-order valence-electron chi connectivity index (χ0n) is 11.9. The minimum atomic E-state index is -0.244. The Labute approximate surface area is 125 Å². The van der Waals surface area contributed by atoms with Gasteiger partial charge in [0.15, 0.2) is 0 Å². The molecule has 3 rings (SSSR count). The Morgan fingerprint density at radius 3 is 2.95 bits per heavy atom. The van der Waals surface area contributed by atoms with E-state index in [1.165, 1.54) is 11.3 Å². The van der Waals surface area contributed by atoms with E-state index in [4.69, 9.17) is 4.74 Å². The number of morpholine rings is 1. The molecule has 4 nitrogen and oxygen atoms in total. The molecule has 1 aromatic rings. The first-order valence-electron chi connectivity index (χ1n) is 6.85. The predicted molar refractivity (Wildman–Crippen MR) is 81.8 cm³/mol. The number of carbonyl (C=O) groups excluding carboxylic acids is 1. The lowest BCUT2D eigenvalue weighted by molar-refractivity contribution is -0.0764. The van der Waals surface area contributed by atoms with Crippen molar-refractivity contribution in [2.75, 3.05) is 31.6 Å². The van der Waals surface area contributed by atoms with E-state index in [1.807, 2.05) is 36.9 Å². The van der Waals surface area contributed by atoms with Gasteiger partial charge in [0.05, 0.1) is 12.2 Å². The van der Waals surface area contributed by atoms with Gasteiger partial charge in [-0.15, -0.1) is 12.4 Å². The smallest absolute Gasteiger partial charge is 0.254 e. The number of nitrogens with zero attached hydrogens (tertiary/aromatic N) is 1. The quantitative estimate of drug-likeness (QED) is 0.865. The Morgan fingerprint density at radius 2 is 2.20 bits per heavy atom. The lowest BCUT2D eigenvalue weighted by atomic mass is 10.0. The van der Waals surface area contributed by atoms with Crippen molar-refractivity contribution in [2.45, 2.75) is 25.9 Å². The summed E-state index contributed by atoms with van der Waals surface area (Å²) in [6.45, 7) is 6.97. The summed E-state index contributed by atoms with van der Waals surface area (Å²) in [6, 6.07) is 5.96. The first-order valence-corrected chi connectivity index (χ1v) is 6.85. The minimum Gasteiger partial charge on any atom is -0.384 e. The second-order valence-electron chi connectivity index (χ2n) is 5.88. The zero-order chi connectivity index (χ0) is 13.5. The van der Waals surface area contributed by atoms with Crippen LogP contribution in [0.3, 0.4) is 0 Å². The van der Waals surface area contributed by atoms with Crippen LogP contribution in [-0.4, -0.2) is 42.6 Å². The fraction of sp³-hybridized carbons (Fsp3) is 0.533. The molecule has 0 radical (unpaired) electrons. The van der Waals surface area contributed by atoms with Gasteiger partial charge in [0.25, 0.3) is 5.91 Å². The van der Waals surface area contributed by atoms with Crippen LogP contribution in [0.5, 0.6) is 0 Å². The Kier molecular flexibility index (Phi) is 4.25. The molecule has 1 saturated heterocycles. The van der Waals surface area contributed by atoms with Crippen molar-refractivity contribution in [1.82, 2.24) is 4.90 Å². The van der Waals surface area contributed by atoms with Gasteiger partial charge in [-0.25, -0.2) is 0 Å². The maximum atomic E-state index is 12.5. The molecular formula is C15H21ClN2O2. The molecule has 1 aromatic carbocycles. The van der Waals surface area contributed by atoms with Gasteiger partial charge in [-0.1, -0.05) is 0 Å². The maximum absolute atomic E-state index is 12.5. The highest BCUT2D eigenvalue weighted by Crippen LogP contribution is 2.25. The molecular weight excluding hydrogens is 276 g/mol. The van der Waals surface area contributed by atoms with E-state index in [-0.39, 0.29) is 23.9 Å². The third-order valence-electron chi connectivity index (χ3n) is 3.77. The Bertz CT molecular complexity index is 517. The number of fused-ring (bicyclic) bond motifs is 1. The molecule has 20 heavy (non-hydrogen) atoms. The Morgan fingerprint density at radius 1 is 1.40 bits per heavy atom. The minimum absolute atomic E-state index is 0. The molecule has 0 saturated carbocycles. The highest BCUT2D eigenvalue weighted by molar-refractivity contribution is 5.95. The molecule has 1 N–H and O–H groups in total. The molecule has 0 aromatic heterocycles. The van der Waals surface area contributed by atoms with Gasteiger partial charge in [0, 0.05) is 30.9 Å². The van der Waals surface area contributed by atoms with E-state index < -0.39 is 0 Å². The topological polar surface area (TPSA) is 41.6 Å². The van der Waals surface area contributed by atoms with Crippen molar-refractivity contribution >= 4 is 24.0 Å². The third-order valence-corrected chi connectivity index (χ3v) is 3.77. The lowest BCUT2D eigenvalue weighted by Gasteiger charge is -2.38. The monoisotopic (exact) mass is 296 g/mol. The maximum Gasteiger partial charge on any atom is 0.254 e. The number of rotatable bonds is 1. The second-order valence-corrected chi connectivity index (χ2v) is 5.88. The summed E-state index contributed by atoms with van der Waals surface area (Å²) in [4.78, 5) is 14.4. The summed E-state index contributed by atoms with van der Waals surface area (Å²) < 4.78 is 5.65. The molecule has 110 valence electrons. The molecule has 0 aliphatic carbocycles. The van der Waals surface area contributed by atoms with Gasteiger partial charge in [-0.3, -0.25) is 4.79 Å². The van der Waals surface area contributed by atoms with E-state index in [1.54, 1.807) is 0 Å². The average Bonchev–Trinajstić information content (AvgIpc) is 2.83. The van der Waals surface area contributed by atoms with Crippen LogP contribution < -0.4 is 5.32 Å². The number of amides is 1. The third kappa shape index (κ3) is 2.91. The SMILES string of the molecule is CC1(C)CN(C(=O)c2ccc3c(c2)CCN3)CCO1.Cl. The molecule has 0 bridgehead atoms. The van der Waals surface area contributed by atoms with Gasteiger partial charge in [0.1, 0.15) is 0 Å². The number of carbonyl (C=O) groups is 1. The first kappa shape index (κ1) is 15.1. The summed E-state index contributed by atoms with van der Waals surface area (Å²) in [7, 11) is 0. The molecule has 1 fully saturated rings. The Hall–Kier alpha value is -1.26. The van der Waals surface area contributed by atoms with Crippen molar-refractivity contribution in [3.8, 4) is 0 Å². The highest BCUT2D eigenvalue weighted by Gasteiger charge is 2.30. The molecule has 1 amide bonds. The van der Waals surface area contributed by atoms with Gasteiger partial charge in [-0.2, -0.15) is 0 Å². The number of benzene rings is 1. The highest BCUT2D eigenvalue weighted by atomic mass is 35.5. The van der Waals surface area contributed by atoms with Crippen LogP contribution >= 0.6 is 12.4 Å². The molecule has 2 heterocycles. The first-order chi connectivity index (χ1) is 9.05. The normalized spacial score (nSPS) is 19.8. The van der Waals surface area contributed by atoms with Crippen LogP contribution in [0.2, 0.25) is 0 Å². The van der Waals surface area contributed by atoms with Gasteiger partial charge >= 0.3 is 0 Å². The van der Waals surface area contributed by atoms with E-state index in [2.05, 4.69) is 5.32 Å². The lowest BCUT2D eigenvalue weighted by Crippen LogP contribution is -2.50.